The van der Waals surface area contributed by atoms with Crippen LogP contribution in [0.2, 0.25) is 0 Å². The van der Waals surface area contributed by atoms with Gasteiger partial charge in [0, 0.05) is 16.2 Å². The minimum Gasteiger partial charge on any atom is -0.399 e. The summed E-state index contributed by atoms with van der Waals surface area (Å²) in [5, 5.41) is 9.12. The zero-order valence-electron chi connectivity index (χ0n) is 8.93. The molecule has 1 aliphatic carbocycles. The summed E-state index contributed by atoms with van der Waals surface area (Å²) in [7, 11) is -3.55. The van der Waals surface area contributed by atoms with Crippen LogP contribution < -0.4 is 10.5 Å². The predicted octanol–water partition coefficient (Wildman–Crippen LogP) is 0.833. The summed E-state index contributed by atoms with van der Waals surface area (Å²) in [6, 6.07) is 4.36. The highest BCUT2D eigenvalue weighted by Crippen LogP contribution is 2.27. The molecule has 0 saturated heterocycles. The largest absolute Gasteiger partial charge is 0.399 e. The van der Waals surface area contributed by atoms with Crippen LogP contribution in [0.15, 0.2) is 27.6 Å². The molecule has 0 aliphatic heterocycles. The lowest BCUT2D eigenvalue weighted by Crippen LogP contribution is -2.46. The monoisotopic (exact) mass is 320 g/mol. The van der Waals surface area contributed by atoms with Crippen LogP contribution in [0.25, 0.3) is 0 Å². The summed E-state index contributed by atoms with van der Waals surface area (Å²) in [6.07, 6.45) is 0.537. The summed E-state index contributed by atoms with van der Waals surface area (Å²) >= 11 is 3.18. The number of aliphatic hydroxyl groups excluding tert-OH is 1. The Balaban J connectivity index is 2.20. The average molecular weight is 321 g/mol. The number of nitrogen functional groups attached to an aromatic ring is 1. The molecule has 1 fully saturated rings. The van der Waals surface area contributed by atoms with E-state index in [4.69, 9.17) is 10.8 Å². The van der Waals surface area contributed by atoms with Gasteiger partial charge in [-0.15, -0.1) is 0 Å². The Morgan fingerprint density at radius 3 is 2.59 bits per heavy atom. The minimum atomic E-state index is -3.55. The van der Waals surface area contributed by atoms with E-state index in [0.29, 0.717) is 23.0 Å². The molecule has 0 unspecified atom stereocenters. The van der Waals surface area contributed by atoms with Gasteiger partial charge in [-0.25, -0.2) is 13.1 Å². The normalized spacial score (nSPS) is 24.4. The van der Waals surface area contributed by atoms with Crippen LogP contribution in [0.4, 0.5) is 5.69 Å². The number of benzene rings is 1. The highest BCUT2D eigenvalue weighted by molar-refractivity contribution is 9.10. The number of hydrogen-bond donors (Lipinski definition) is 3. The highest BCUT2D eigenvalue weighted by Gasteiger charge is 2.31. The van der Waals surface area contributed by atoms with Crippen molar-refractivity contribution < 1.29 is 13.5 Å². The number of nitrogens with one attached hydrogen (secondary N) is 1. The Morgan fingerprint density at radius 2 is 2.06 bits per heavy atom. The molecule has 0 spiro atoms. The SMILES string of the molecule is Nc1ccc(S(=O)(=O)NC2CC(O)C2)c(Br)c1. The summed E-state index contributed by atoms with van der Waals surface area (Å²) in [4.78, 5) is 0.160. The van der Waals surface area contributed by atoms with Crippen molar-refractivity contribution in [1.29, 1.82) is 0 Å². The molecule has 7 heteroatoms. The quantitative estimate of drug-likeness (QED) is 0.719. The number of rotatable bonds is 3. The van der Waals surface area contributed by atoms with Gasteiger partial charge in [0.15, 0.2) is 0 Å². The minimum absolute atomic E-state index is 0.160. The lowest BCUT2D eigenvalue weighted by molar-refractivity contribution is 0.0712. The summed E-state index contributed by atoms with van der Waals surface area (Å²) in [5.74, 6) is 0. The smallest absolute Gasteiger partial charge is 0.241 e. The Kier molecular flexibility index (Phi) is 3.44. The van der Waals surface area contributed by atoms with Crippen LogP contribution in [0.5, 0.6) is 0 Å². The van der Waals surface area contributed by atoms with Gasteiger partial charge in [-0.05, 0) is 47.0 Å². The number of hydrogen-bond acceptors (Lipinski definition) is 4. The average Bonchev–Trinajstić information content (AvgIpc) is 2.14. The zero-order valence-corrected chi connectivity index (χ0v) is 11.3. The van der Waals surface area contributed by atoms with Crippen LogP contribution in [-0.4, -0.2) is 25.7 Å². The van der Waals surface area contributed by atoms with Crippen molar-refractivity contribution in [3.8, 4) is 0 Å². The fraction of sp³-hybridized carbons (Fsp3) is 0.400. The standard InChI is InChI=1S/C10H13BrN2O3S/c11-9-3-6(12)1-2-10(9)17(15,16)13-7-4-8(14)5-7/h1-3,7-8,13-14H,4-5,12H2. The van der Waals surface area contributed by atoms with Crippen molar-refractivity contribution in [1.82, 2.24) is 4.72 Å². The van der Waals surface area contributed by atoms with Crippen molar-refractivity contribution in [2.75, 3.05) is 5.73 Å². The number of sulfonamides is 1. The van der Waals surface area contributed by atoms with Gasteiger partial charge < -0.3 is 10.8 Å². The van der Waals surface area contributed by atoms with Crippen LogP contribution in [0.3, 0.4) is 0 Å². The van der Waals surface area contributed by atoms with Crippen molar-refractivity contribution in [2.45, 2.75) is 29.9 Å². The van der Waals surface area contributed by atoms with Gasteiger partial charge in [-0.3, -0.25) is 0 Å². The van der Waals surface area contributed by atoms with Crippen LogP contribution >= 0.6 is 15.9 Å². The topological polar surface area (TPSA) is 92.4 Å². The number of halogens is 1. The molecule has 1 aliphatic rings. The third kappa shape index (κ3) is 2.79. The first kappa shape index (κ1) is 12.8. The second-order valence-electron chi connectivity index (χ2n) is 4.13. The van der Waals surface area contributed by atoms with Gasteiger partial charge in [-0.2, -0.15) is 0 Å². The van der Waals surface area contributed by atoms with E-state index in [9.17, 15) is 8.42 Å². The maximum absolute atomic E-state index is 12.0. The molecular weight excluding hydrogens is 308 g/mol. The van der Waals surface area contributed by atoms with Crippen LogP contribution in [0, 0.1) is 0 Å². The molecule has 0 bridgehead atoms. The Labute approximate surface area is 108 Å². The molecule has 0 aromatic heterocycles. The van der Waals surface area contributed by atoms with Crippen molar-refractivity contribution in [3.05, 3.63) is 22.7 Å². The summed E-state index contributed by atoms with van der Waals surface area (Å²) < 4.78 is 27.0. The molecule has 0 amide bonds. The molecule has 0 atom stereocenters. The van der Waals surface area contributed by atoms with Crippen LogP contribution in [0.1, 0.15) is 12.8 Å². The van der Waals surface area contributed by atoms with Gasteiger partial charge in [-0.1, -0.05) is 0 Å². The van der Waals surface area contributed by atoms with Gasteiger partial charge in [0.05, 0.1) is 11.0 Å². The summed E-state index contributed by atoms with van der Waals surface area (Å²) in [6.45, 7) is 0. The maximum atomic E-state index is 12.0. The molecule has 5 nitrogen and oxygen atoms in total. The molecule has 0 heterocycles. The molecule has 1 saturated carbocycles. The Bertz CT molecular complexity index is 526. The first-order valence-corrected chi connectivity index (χ1v) is 7.41. The molecule has 4 N–H and O–H groups in total. The Hall–Kier alpha value is -0.630. The fourth-order valence-corrected chi connectivity index (χ4v) is 4.06. The predicted molar refractivity (Wildman–Crippen MR) is 67.9 cm³/mol. The summed E-state index contributed by atoms with van der Waals surface area (Å²) in [5.41, 5.74) is 6.04. The van der Waals surface area contributed by atoms with E-state index >= 15 is 0 Å². The van der Waals surface area contributed by atoms with E-state index in [1.807, 2.05) is 0 Å². The molecule has 1 aromatic rings. The number of anilines is 1. The number of aliphatic hydroxyl groups is 1. The van der Waals surface area contributed by atoms with E-state index in [1.54, 1.807) is 6.07 Å². The van der Waals surface area contributed by atoms with Gasteiger partial charge >= 0.3 is 0 Å². The van der Waals surface area contributed by atoms with Crippen molar-refractivity contribution in [3.63, 3.8) is 0 Å². The molecule has 0 radical (unpaired) electrons. The van der Waals surface area contributed by atoms with E-state index in [0.717, 1.165) is 0 Å². The molecular formula is C10H13BrN2O3S. The molecule has 1 aromatic carbocycles. The fourth-order valence-electron chi connectivity index (χ4n) is 1.70. The highest BCUT2D eigenvalue weighted by atomic mass is 79.9. The Morgan fingerprint density at radius 1 is 1.41 bits per heavy atom. The van der Waals surface area contributed by atoms with E-state index < -0.39 is 16.1 Å². The lowest BCUT2D eigenvalue weighted by atomic mass is 9.91. The van der Waals surface area contributed by atoms with Gasteiger partial charge in [0.2, 0.25) is 10.0 Å². The van der Waals surface area contributed by atoms with Crippen molar-refractivity contribution >= 4 is 31.6 Å². The lowest BCUT2D eigenvalue weighted by Gasteiger charge is -2.31. The van der Waals surface area contributed by atoms with E-state index in [-0.39, 0.29) is 10.9 Å². The van der Waals surface area contributed by atoms with Crippen LogP contribution in [-0.2, 0) is 10.0 Å². The van der Waals surface area contributed by atoms with Gasteiger partial charge in [0.1, 0.15) is 0 Å². The third-order valence-electron chi connectivity index (χ3n) is 2.68. The second-order valence-corrected chi connectivity index (χ2v) is 6.67. The van der Waals surface area contributed by atoms with E-state index in [1.165, 1.54) is 12.1 Å². The third-order valence-corrected chi connectivity index (χ3v) is 5.18. The zero-order chi connectivity index (χ0) is 12.6. The first-order valence-electron chi connectivity index (χ1n) is 5.14. The molecule has 17 heavy (non-hydrogen) atoms. The second kappa shape index (κ2) is 4.56. The molecule has 94 valence electrons. The van der Waals surface area contributed by atoms with Crippen molar-refractivity contribution in [2.24, 2.45) is 0 Å². The van der Waals surface area contributed by atoms with Gasteiger partial charge in [0.25, 0.3) is 0 Å². The first-order chi connectivity index (χ1) is 7.88. The number of nitrogens with two attached hydrogens (primary N) is 1. The maximum Gasteiger partial charge on any atom is 0.241 e. The molecule has 2 rings (SSSR count). The van der Waals surface area contributed by atoms with E-state index in [2.05, 4.69) is 20.7 Å².